The second kappa shape index (κ2) is 7.83. The summed E-state index contributed by atoms with van der Waals surface area (Å²) in [5.41, 5.74) is 0.683. The van der Waals surface area contributed by atoms with Gasteiger partial charge in [0.1, 0.15) is 0 Å². The Morgan fingerprint density at radius 2 is 1.96 bits per heavy atom. The molecule has 0 aliphatic carbocycles. The zero-order valence-electron chi connectivity index (χ0n) is 15.5. The summed E-state index contributed by atoms with van der Waals surface area (Å²) >= 11 is 1.32. The molecular weight excluding hydrogens is 370 g/mol. The van der Waals surface area contributed by atoms with Crippen molar-refractivity contribution in [2.45, 2.75) is 12.5 Å². The van der Waals surface area contributed by atoms with Crippen molar-refractivity contribution in [1.29, 1.82) is 0 Å². The lowest BCUT2D eigenvalue weighted by atomic mass is 9.92. The fourth-order valence-electron chi connectivity index (χ4n) is 3.37. The van der Waals surface area contributed by atoms with Crippen LogP contribution in [-0.4, -0.2) is 50.1 Å². The first kappa shape index (κ1) is 19.0. The Morgan fingerprint density at radius 3 is 2.56 bits per heavy atom. The number of ether oxygens (including phenoxy) is 3. The van der Waals surface area contributed by atoms with Crippen LogP contribution >= 0.6 is 11.3 Å². The molecule has 0 spiro atoms. The lowest BCUT2D eigenvalue weighted by Gasteiger charge is -2.27. The Hall–Kier alpha value is -2.81. The molecule has 1 fully saturated rings. The second-order valence-electron chi connectivity index (χ2n) is 6.01. The number of hydrogen-bond donors (Lipinski definition) is 1. The molecule has 1 saturated heterocycles. The van der Waals surface area contributed by atoms with Gasteiger partial charge in [0.15, 0.2) is 16.6 Å². The van der Waals surface area contributed by atoms with E-state index in [1.54, 1.807) is 35.7 Å². The monoisotopic (exact) mass is 391 g/mol. The lowest BCUT2D eigenvalue weighted by Crippen LogP contribution is -2.30. The topological polar surface area (TPSA) is 90.0 Å². The van der Waals surface area contributed by atoms with Crippen LogP contribution in [0.2, 0.25) is 0 Å². The van der Waals surface area contributed by atoms with E-state index in [9.17, 15) is 9.59 Å². The average molecular weight is 391 g/mol. The number of amides is 2. The molecule has 2 heterocycles. The van der Waals surface area contributed by atoms with Crippen LogP contribution in [-0.2, 0) is 9.59 Å². The highest BCUT2D eigenvalue weighted by atomic mass is 32.1. The van der Waals surface area contributed by atoms with Crippen molar-refractivity contribution in [3.63, 3.8) is 0 Å². The quantitative estimate of drug-likeness (QED) is 0.813. The van der Waals surface area contributed by atoms with Crippen LogP contribution in [0, 0.1) is 5.92 Å². The minimum Gasteiger partial charge on any atom is -0.493 e. The maximum Gasteiger partial charge on any atom is 0.232 e. The molecule has 0 bridgehead atoms. The van der Waals surface area contributed by atoms with Crippen molar-refractivity contribution in [3.05, 3.63) is 29.3 Å². The highest BCUT2D eigenvalue weighted by Crippen LogP contribution is 2.47. The number of anilines is 1. The molecule has 2 amide bonds. The van der Waals surface area contributed by atoms with E-state index in [0.717, 1.165) is 0 Å². The molecule has 1 N–H and O–H groups in total. The number of aromatic nitrogens is 1. The molecule has 1 aromatic heterocycles. The summed E-state index contributed by atoms with van der Waals surface area (Å²) < 4.78 is 16.3. The van der Waals surface area contributed by atoms with E-state index in [0.29, 0.717) is 27.9 Å². The van der Waals surface area contributed by atoms with Gasteiger partial charge < -0.3 is 24.4 Å². The Bertz CT molecular complexity index is 840. The van der Waals surface area contributed by atoms with Crippen LogP contribution in [0.15, 0.2) is 23.7 Å². The van der Waals surface area contributed by atoms with Crippen molar-refractivity contribution < 1.29 is 23.8 Å². The Labute approximate surface area is 161 Å². The Balaban J connectivity index is 2.01. The van der Waals surface area contributed by atoms with E-state index in [2.05, 4.69) is 10.3 Å². The van der Waals surface area contributed by atoms with Gasteiger partial charge in [-0.2, -0.15) is 0 Å². The summed E-state index contributed by atoms with van der Waals surface area (Å²) in [4.78, 5) is 30.9. The van der Waals surface area contributed by atoms with Gasteiger partial charge in [-0.25, -0.2) is 4.98 Å². The normalized spacial score (nSPS) is 19.1. The molecule has 8 nitrogen and oxygen atoms in total. The summed E-state index contributed by atoms with van der Waals surface area (Å²) in [5.74, 6) is 0.410. The number of rotatable bonds is 6. The van der Waals surface area contributed by atoms with Crippen molar-refractivity contribution in [2.75, 3.05) is 33.7 Å². The number of nitrogens with zero attached hydrogens (tertiary/aromatic N) is 2. The van der Waals surface area contributed by atoms with Crippen LogP contribution in [0.1, 0.15) is 18.0 Å². The largest absolute Gasteiger partial charge is 0.493 e. The third kappa shape index (κ3) is 3.42. The molecule has 9 heteroatoms. The van der Waals surface area contributed by atoms with E-state index in [1.165, 1.54) is 32.7 Å². The van der Waals surface area contributed by atoms with Crippen molar-refractivity contribution in [1.82, 2.24) is 9.88 Å². The van der Waals surface area contributed by atoms with E-state index in [-0.39, 0.29) is 18.2 Å². The van der Waals surface area contributed by atoms with Crippen molar-refractivity contribution in [2.24, 2.45) is 5.92 Å². The predicted molar refractivity (Wildman–Crippen MR) is 100 cm³/mol. The van der Waals surface area contributed by atoms with Crippen LogP contribution in [0.3, 0.4) is 0 Å². The number of carbonyl (C=O) groups is 2. The number of carbonyl (C=O) groups excluding carboxylic acids is 2. The molecule has 27 heavy (non-hydrogen) atoms. The van der Waals surface area contributed by atoms with Gasteiger partial charge in [-0.15, -0.1) is 11.3 Å². The van der Waals surface area contributed by atoms with Crippen LogP contribution in [0.4, 0.5) is 5.13 Å². The van der Waals surface area contributed by atoms with E-state index in [4.69, 9.17) is 14.2 Å². The zero-order chi connectivity index (χ0) is 19.6. The summed E-state index contributed by atoms with van der Waals surface area (Å²) in [5, 5.41) is 5.06. The number of methoxy groups -OCH3 is 3. The summed E-state index contributed by atoms with van der Waals surface area (Å²) in [6.07, 6.45) is 1.72. The maximum absolute atomic E-state index is 12.8. The standard InChI is InChI=1S/C18H21N3O5S/c1-21-13(22)9-11(17(23)20-18-19-7-8-27-18)14(21)10-5-6-12(24-2)16(26-4)15(10)25-3/h5-8,11,14H,9H2,1-4H3,(H,19,20,23)/t11-,14-/m1/s1. The molecule has 1 aromatic carbocycles. The molecule has 2 aromatic rings. The first-order chi connectivity index (χ1) is 13.0. The second-order valence-corrected chi connectivity index (χ2v) is 6.90. The fraction of sp³-hybridized carbons (Fsp3) is 0.389. The molecule has 0 unspecified atom stereocenters. The third-order valence-corrected chi connectivity index (χ3v) is 5.33. The first-order valence-corrected chi connectivity index (χ1v) is 9.14. The molecule has 2 atom stereocenters. The molecule has 144 valence electrons. The molecule has 1 aliphatic heterocycles. The molecular formula is C18H21N3O5S. The van der Waals surface area contributed by atoms with Crippen LogP contribution in [0.25, 0.3) is 0 Å². The van der Waals surface area contributed by atoms with E-state index in [1.807, 2.05) is 0 Å². The Kier molecular flexibility index (Phi) is 5.50. The van der Waals surface area contributed by atoms with Crippen molar-refractivity contribution >= 4 is 28.3 Å². The zero-order valence-corrected chi connectivity index (χ0v) is 16.3. The van der Waals surface area contributed by atoms with Gasteiger partial charge in [-0.1, -0.05) is 0 Å². The van der Waals surface area contributed by atoms with Crippen molar-refractivity contribution in [3.8, 4) is 17.2 Å². The molecule has 3 rings (SSSR count). The van der Waals surface area contributed by atoms with Crippen LogP contribution < -0.4 is 19.5 Å². The average Bonchev–Trinajstić information content (AvgIpc) is 3.28. The smallest absolute Gasteiger partial charge is 0.232 e. The highest BCUT2D eigenvalue weighted by Gasteiger charge is 2.44. The summed E-state index contributed by atoms with van der Waals surface area (Å²) in [6, 6.07) is 3.04. The Morgan fingerprint density at radius 1 is 1.22 bits per heavy atom. The maximum atomic E-state index is 12.8. The predicted octanol–water partition coefficient (Wildman–Crippen LogP) is 2.33. The number of likely N-dealkylation sites (tertiary alicyclic amines) is 1. The summed E-state index contributed by atoms with van der Waals surface area (Å²) in [6.45, 7) is 0. The lowest BCUT2D eigenvalue weighted by molar-refractivity contribution is -0.128. The van der Waals surface area contributed by atoms with Gasteiger partial charge in [0.2, 0.25) is 17.6 Å². The third-order valence-electron chi connectivity index (χ3n) is 4.64. The van der Waals surface area contributed by atoms with Gasteiger partial charge >= 0.3 is 0 Å². The number of benzene rings is 1. The van der Waals surface area contributed by atoms with Gasteiger partial charge in [0.05, 0.1) is 33.3 Å². The summed E-state index contributed by atoms with van der Waals surface area (Å²) in [7, 11) is 6.24. The SMILES string of the molecule is COc1ccc([C@@H]2[C@H](C(=O)Nc3nccs3)CC(=O)N2C)c(OC)c1OC. The number of thiazole rings is 1. The fourth-order valence-corrected chi connectivity index (χ4v) is 3.90. The number of nitrogens with one attached hydrogen (secondary N) is 1. The van der Waals surface area contributed by atoms with Gasteiger partial charge in [-0.3, -0.25) is 9.59 Å². The molecule has 1 aliphatic rings. The molecule has 0 saturated carbocycles. The van der Waals surface area contributed by atoms with Crippen LogP contribution in [0.5, 0.6) is 17.2 Å². The van der Waals surface area contributed by atoms with E-state index >= 15 is 0 Å². The number of hydrogen-bond acceptors (Lipinski definition) is 7. The van der Waals surface area contributed by atoms with E-state index < -0.39 is 12.0 Å². The van der Waals surface area contributed by atoms with Gasteiger partial charge in [0.25, 0.3) is 0 Å². The highest BCUT2D eigenvalue weighted by molar-refractivity contribution is 7.13. The van der Waals surface area contributed by atoms with Gasteiger partial charge in [0, 0.05) is 30.6 Å². The molecule has 0 radical (unpaired) electrons. The first-order valence-electron chi connectivity index (χ1n) is 8.26. The minimum absolute atomic E-state index is 0.107. The minimum atomic E-state index is -0.585. The van der Waals surface area contributed by atoms with Gasteiger partial charge in [-0.05, 0) is 12.1 Å².